The van der Waals surface area contributed by atoms with Crippen LogP contribution in [0.1, 0.15) is 25.2 Å². The molecule has 0 fully saturated rings. The standard InChI is InChI=1S/C12H21N3O/c1-10(2)6-13-7-11-8-14-12(15-9-11)4-5-16-3/h8-10,13H,4-7H2,1-3H3. The molecule has 1 aromatic heterocycles. The van der Waals surface area contributed by atoms with Crippen molar-refractivity contribution in [2.24, 2.45) is 5.92 Å². The third-order valence-corrected chi connectivity index (χ3v) is 2.17. The molecule has 0 amide bonds. The Labute approximate surface area is 97.5 Å². The largest absolute Gasteiger partial charge is 0.384 e. The van der Waals surface area contributed by atoms with Gasteiger partial charge >= 0.3 is 0 Å². The quantitative estimate of drug-likeness (QED) is 0.759. The fourth-order valence-electron chi connectivity index (χ4n) is 1.30. The first-order chi connectivity index (χ1) is 7.72. The van der Waals surface area contributed by atoms with Crippen molar-refractivity contribution in [3.05, 3.63) is 23.8 Å². The third kappa shape index (κ3) is 5.19. The van der Waals surface area contributed by atoms with Crippen LogP contribution in [0.3, 0.4) is 0 Å². The van der Waals surface area contributed by atoms with Crippen LogP contribution in [0.15, 0.2) is 12.4 Å². The fraction of sp³-hybridized carbons (Fsp3) is 0.667. The van der Waals surface area contributed by atoms with Gasteiger partial charge in [-0.05, 0) is 12.5 Å². The number of methoxy groups -OCH3 is 1. The van der Waals surface area contributed by atoms with Crippen molar-refractivity contribution in [3.8, 4) is 0 Å². The van der Waals surface area contributed by atoms with E-state index in [-0.39, 0.29) is 0 Å². The molecule has 90 valence electrons. The van der Waals surface area contributed by atoms with Gasteiger partial charge in [0.1, 0.15) is 5.82 Å². The molecule has 1 aromatic rings. The van der Waals surface area contributed by atoms with Gasteiger partial charge in [0, 0.05) is 38.0 Å². The summed E-state index contributed by atoms with van der Waals surface area (Å²) in [6.45, 7) is 6.91. The van der Waals surface area contributed by atoms with Gasteiger partial charge in [-0.1, -0.05) is 13.8 Å². The molecule has 0 aliphatic heterocycles. The summed E-state index contributed by atoms with van der Waals surface area (Å²) < 4.78 is 4.97. The zero-order valence-electron chi connectivity index (χ0n) is 10.4. The molecule has 0 radical (unpaired) electrons. The van der Waals surface area contributed by atoms with E-state index in [9.17, 15) is 0 Å². The smallest absolute Gasteiger partial charge is 0.130 e. The Kier molecular flexibility index (Phi) is 5.96. The monoisotopic (exact) mass is 223 g/mol. The predicted octanol–water partition coefficient (Wildman–Crippen LogP) is 1.41. The summed E-state index contributed by atoms with van der Waals surface area (Å²) in [5, 5.41) is 3.36. The van der Waals surface area contributed by atoms with Crippen LogP contribution in [0.4, 0.5) is 0 Å². The fourth-order valence-corrected chi connectivity index (χ4v) is 1.30. The Balaban J connectivity index is 2.33. The van der Waals surface area contributed by atoms with Crippen LogP contribution in [0.5, 0.6) is 0 Å². The Morgan fingerprint density at radius 1 is 1.31 bits per heavy atom. The number of hydrogen-bond donors (Lipinski definition) is 1. The summed E-state index contributed by atoms with van der Waals surface area (Å²) in [5.74, 6) is 1.51. The predicted molar refractivity (Wildman–Crippen MR) is 64.2 cm³/mol. The lowest BCUT2D eigenvalue weighted by Crippen LogP contribution is -2.19. The van der Waals surface area contributed by atoms with Crippen molar-refractivity contribution < 1.29 is 4.74 Å². The van der Waals surface area contributed by atoms with Gasteiger partial charge in [0.2, 0.25) is 0 Å². The number of aromatic nitrogens is 2. The molecule has 1 rings (SSSR count). The van der Waals surface area contributed by atoms with Crippen LogP contribution in [-0.2, 0) is 17.7 Å². The number of hydrogen-bond acceptors (Lipinski definition) is 4. The molecule has 4 heteroatoms. The molecule has 16 heavy (non-hydrogen) atoms. The lowest BCUT2D eigenvalue weighted by Gasteiger charge is -2.07. The van der Waals surface area contributed by atoms with Crippen LogP contribution < -0.4 is 5.32 Å². The second kappa shape index (κ2) is 7.30. The van der Waals surface area contributed by atoms with E-state index in [1.54, 1.807) is 7.11 Å². The minimum absolute atomic E-state index is 0.668. The van der Waals surface area contributed by atoms with E-state index in [4.69, 9.17) is 4.74 Å². The van der Waals surface area contributed by atoms with Crippen molar-refractivity contribution in [2.45, 2.75) is 26.8 Å². The molecular formula is C12H21N3O. The first-order valence-corrected chi connectivity index (χ1v) is 5.72. The summed E-state index contributed by atoms with van der Waals surface area (Å²) in [7, 11) is 1.68. The van der Waals surface area contributed by atoms with Gasteiger partial charge in [0.05, 0.1) is 6.61 Å². The highest BCUT2D eigenvalue weighted by Crippen LogP contribution is 1.97. The molecule has 0 bridgehead atoms. The normalized spacial score (nSPS) is 11.0. The molecule has 0 aliphatic rings. The summed E-state index contributed by atoms with van der Waals surface area (Å²) in [5.41, 5.74) is 1.13. The molecule has 0 aromatic carbocycles. The van der Waals surface area contributed by atoms with Crippen molar-refractivity contribution in [2.75, 3.05) is 20.3 Å². The molecule has 0 atom stereocenters. The summed E-state index contributed by atoms with van der Waals surface area (Å²) >= 11 is 0. The van der Waals surface area contributed by atoms with Gasteiger partial charge in [-0.3, -0.25) is 0 Å². The molecular weight excluding hydrogens is 202 g/mol. The van der Waals surface area contributed by atoms with Crippen LogP contribution in [0.2, 0.25) is 0 Å². The molecule has 1 heterocycles. The minimum atomic E-state index is 0.668. The lowest BCUT2D eigenvalue weighted by molar-refractivity contribution is 0.200. The van der Waals surface area contributed by atoms with Crippen LogP contribution >= 0.6 is 0 Å². The third-order valence-electron chi connectivity index (χ3n) is 2.17. The highest BCUT2D eigenvalue weighted by molar-refractivity contribution is 5.04. The molecule has 0 aliphatic carbocycles. The molecule has 0 saturated heterocycles. The molecule has 0 saturated carbocycles. The van der Waals surface area contributed by atoms with Gasteiger partial charge in [0.25, 0.3) is 0 Å². The van der Waals surface area contributed by atoms with E-state index < -0.39 is 0 Å². The van der Waals surface area contributed by atoms with Gasteiger partial charge in [0.15, 0.2) is 0 Å². The first kappa shape index (κ1) is 13.1. The Hall–Kier alpha value is -1.00. The topological polar surface area (TPSA) is 47.0 Å². The summed E-state index contributed by atoms with van der Waals surface area (Å²) in [6.07, 6.45) is 4.53. The number of nitrogens with one attached hydrogen (secondary N) is 1. The Morgan fingerprint density at radius 2 is 2.00 bits per heavy atom. The van der Waals surface area contributed by atoms with Crippen LogP contribution in [0, 0.1) is 5.92 Å². The highest BCUT2D eigenvalue weighted by Gasteiger charge is 1.98. The number of rotatable bonds is 7. The minimum Gasteiger partial charge on any atom is -0.384 e. The highest BCUT2D eigenvalue weighted by atomic mass is 16.5. The van der Waals surface area contributed by atoms with Crippen molar-refractivity contribution in [1.82, 2.24) is 15.3 Å². The van der Waals surface area contributed by atoms with E-state index in [0.29, 0.717) is 12.5 Å². The van der Waals surface area contributed by atoms with Gasteiger partial charge in [-0.15, -0.1) is 0 Å². The van der Waals surface area contributed by atoms with E-state index >= 15 is 0 Å². The Bertz CT molecular complexity index is 285. The lowest BCUT2D eigenvalue weighted by atomic mass is 10.2. The maximum absolute atomic E-state index is 4.97. The Morgan fingerprint density at radius 3 is 2.56 bits per heavy atom. The molecule has 1 N–H and O–H groups in total. The molecule has 0 unspecified atom stereocenters. The second-order valence-corrected chi connectivity index (χ2v) is 4.28. The van der Waals surface area contributed by atoms with E-state index in [1.807, 2.05) is 12.4 Å². The second-order valence-electron chi connectivity index (χ2n) is 4.28. The van der Waals surface area contributed by atoms with Gasteiger partial charge in [-0.2, -0.15) is 0 Å². The first-order valence-electron chi connectivity index (χ1n) is 5.72. The van der Waals surface area contributed by atoms with Crippen molar-refractivity contribution >= 4 is 0 Å². The molecule has 4 nitrogen and oxygen atoms in total. The van der Waals surface area contributed by atoms with E-state index in [2.05, 4.69) is 29.1 Å². The van der Waals surface area contributed by atoms with E-state index in [0.717, 1.165) is 30.9 Å². The van der Waals surface area contributed by atoms with Crippen molar-refractivity contribution in [1.29, 1.82) is 0 Å². The van der Waals surface area contributed by atoms with E-state index in [1.165, 1.54) is 0 Å². The number of ether oxygens (including phenoxy) is 1. The maximum atomic E-state index is 4.97. The average Bonchev–Trinajstić information content (AvgIpc) is 2.27. The number of nitrogens with zero attached hydrogens (tertiary/aromatic N) is 2. The summed E-state index contributed by atoms with van der Waals surface area (Å²) in [6, 6.07) is 0. The zero-order valence-corrected chi connectivity index (χ0v) is 10.4. The summed E-state index contributed by atoms with van der Waals surface area (Å²) in [4.78, 5) is 8.57. The SMILES string of the molecule is COCCc1ncc(CNCC(C)C)cn1. The van der Waals surface area contributed by atoms with Crippen LogP contribution in [0.25, 0.3) is 0 Å². The average molecular weight is 223 g/mol. The molecule has 0 spiro atoms. The zero-order chi connectivity index (χ0) is 11.8. The van der Waals surface area contributed by atoms with Crippen molar-refractivity contribution in [3.63, 3.8) is 0 Å². The van der Waals surface area contributed by atoms with Gasteiger partial charge in [-0.25, -0.2) is 9.97 Å². The van der Waals surface area contributed by atoms with Gasteiger partial charge < -0.3 is 10.1 Å². The maximum Gasteiger partial charge on any atom is 0.130 e. The van der Waals surface area contributed by atoms with Crippen LogP contribution in [-0.4, -0.2) is 30.2 Å².